The van der Waals surface area contributed by atoms with Crippen molar-refractivity contribution in [2.45, 2.75) is 13.5 Å². The van der Waals surface area contributed by atoms with Crippen LogP contribution in [0.1, 0.15) is 11.3 Å². The summed E-state index contributed by atoms with van der Waals surface area (Å²) in [4.78, 5) is 8.02. The van der Waals surface area contributed by atoms with Crippen LogP contribution in [-0.2, 0) is 6.54 Å². The third kappa shape index (κ3) is 3.17. The van der Waals surface area contributed by atoms with Crippen LogP contribution in [0.2, 0.25) is 5.02 Å². The van der Waals surface area contributed by atoms with E-state index in [1.807, 2.05) is 25.1 Å². The monoisotopic (exact) mass is 311 g/mol. The van der Waals surface area contributed by atoms with Crippen molar-refractivity contribution in [3.05, 3.63) is 51.5 Å². The summed E-state index contributed by atoms with van der Waals surface area (Å²) < 4.78 is 0.994. The molecule has 0 radical (unpaired) electrons. The first-order valence-corrected chi connectivity index (χ1v) is 6.28. The largest absolute Gasteiger partial charge is 0.378 e. The molecule has 2 rings (SSSR count). The molecule has 2 aromatic rings. The van der Waals surface area contributed by atoms with Gasteiger partial charge in [-0.05, 0) is 46.6 Å². The van der Waals surface area contributed by atoms with Gasteiger partial charge in [0.05, 0.1) is 17.9 Å². The number of halogens is 2. The van der Waals surface area contributed by atoms with E-state index >= 15 is 0 Å². The highest BCUT2D eigenvalue weighted by Crippen LogP contribution is 2.29. The van der Waals surface area contributed by atoms with Gasteiger partial charge in [0.15, 0.2) is 0 Å². The minimum atomic E-state index is 0.639. The Balaban J connectivity index is 2.12. The quantitative estimate of drug-likeness (QED) is 0.936. The van der Waals surface area contributed by atoms with Crippen LogP contribution in [-0.4, -0.2) is 9.97 Å². The Morgan fingerprint density at radius 1 is 1.41 bits per heavy atom. The topological polar surface area (TPSA) is 37.8 Å². The average molecular weight is 313 g/mol. The Hall–Kier alpha value is -1.13. The number of nitrogens with zero attached hydrogens (tertiary/aromatic N) is 2. The summed E-state index contributed by atoms with van der Waals surface area (Å²) in [6.45, 7) is 2.61. The molecule has 1 aromatic carbocycles. The van der Waals surface area contributed by atoms with Crippen molar-refractivity contribution < 1.29 is 0 Å². The standard InChI is InChI=1S/C12H11BrClN3/c1-8-4-10(13)12(5-11(8)14)16-6-9-2-3-15-7-17-9/h2-5,7,16H,6H2,1H3. The molecule has 88 valence electrons. The van der Waals surface area contributed by atoms with Crippen LogP contribution in [0, 0.1) is 6.92 Å². The van der Waals surface area contributed by atoms with Gasteiger partial charge in [-0.25, -0.2) is 9.97 Å². The molecule has 0 saturated heterocycles. The summed E-state index contributed by atoms with van der Waals surface area (Å²) in [6, 6.07) is 5.77. The fourth-order valence-corrected chi connectivity index (χ4v) is 2.15. The molecule has 17 heavy (non-hydrogen) atoms. The lowest BCUT2D eigenvalue weighted by molar-refractivity contribution is 1.01. The molecule has 0 aliphatic carbocycles. The smallest absolute Gasteiger partial charge is 0.115 e. The molecular formula is C12H11BrClN3. The highest BCUT2D eigenvalue weighted by atomic mass is 79.9. The third-order valence-corrected chi connectivity index (χ3v) is 3.41. The van der Waals surface area contributed by atoms with Crippen LogP contribution in [0.25, 0.3) is 0 Å². The van der Waals surface area contributed by atoms with Crippen molar-refractivity contribution >= 4 is 33.2 Å². The Kier molecular flexibility index (Phi) is 3.97. The third-order valence-electron chi connectivity index (χ3n) is 2.35. The highest BCUT2D eigenvalue weighted by Gasteiger charge is 2.04. The molecule has 5 heteroatoms. The zero-order valence-electron chi connectivity index (χ0n) is 9.24. The Labute approximate surface area is 113 Å². The molecule has 0 bridgehead atoms. The second-order valence-electron chi connectivity index (χ2n) is 3.64. The van der Waals surface area contributed by atoms with Crippen LogP contribution < -0.4 is 5.32 Å². The first-order chi connectivity index (χ1) is 8.16. The summed E-state index contributed by atoms with van der Waals surface area (Å²) in [5.41, 5.74) is 2.94. The Morgan fingerprint density at radius 3 is 2.94 bits per heavy atom. The first kappa shape index (κ1) is 12.3. The maximum atomic E-state index is 6.08. The van der Waals surface area contributed by atoms with E-state index in [9.17, 15) is 0 Å². The average Bonchev–Trinajstić information content (AvgIpc) is 2.33. The van der Waals surface area contributed by atoms with Gasteiger partial charge in [0.1, 0.15) is 6.33 Å². The van der Waals surface area contributed by atoms with E-state index in [2.05, 4.69) is 31.2 Å². The Bertz CT molecular complexity index is 517. The van der Waals surface area contributed by atoms with Gasteiger partial charge in [-0.3, -0.25) is 0 Å². The molecular weight excluding hydrogens is 302 g/mol. The van der Waals surface area contributed by atoms with Gasteiger partial charge in [-0.15, -0.1) is 0 Å². The summed E-state index contributed by atoms with van der Waals surface area (Å²) in [5.74, 6) is 0. The van der Waals surface area contributed by atoms with Gasteiger partial charge in [0.25, 0.3) is 0 Å². The maximum absolute atomic E-state index is 6.08. The second kappa shape index (κ2) is 5.47. The van der Waals surface area contributed by atoms with Gasteiger partial charge in [0.2, 0.25) is 0 Å². The molecule has 1 heterocycles. The normalized spacial score (nSPS) is 10.3. The fourth-order valence-electron chi connectivity index (χ4n) is 1.39. The fraction of sp³-hybridized carbons (Fsp3) is 0.167. The minimum Gasteiger partial charge on any atom is -0.378 e. The zero-order chi connectivity index (χ0) is 12.3. The van der Waals surface area contributed by atoms with Crippen molar-refractivity contribution in [2.75, 3.05) is 5.32 Å². The van der Waals surface area contributed by atoms with Crippen LogP contribution in [0.3, 0.4) is 0 Å². The predicted molar refractivity (Wildman–Crippen MR) is 73.2 cm³/mol. The van der Waals surface area contributed by atoms with E-state index < -0.39 is 0 Å². The SMILES string of the molecule is Cc1cc(Br)c(NCc2ccncn2)cc1Cl. The number of hydrogen-bond acceptors (Lipinski definition) is 3. The van der Waals surface area contributed by atoms with Gasteiger partial charge < -0.3 is 5.32 Å². The van der Waals surface area contributed by atoms with E-state index in [0.29, 0.717) is 6.54 Å². The molecule has 0 unspecified atom stereocenters. The number of aryl methyl sites for hydroxylation is 1. The minimum absolute atomic E-state index is 0.639. The number of nitrogens with one attached hydrogen (secondary N) is 1. The summed E-state index contributed by atoms with van der Waals surface area (Å²) in [7, 11) is 0. The second-order valence-corrected chi connectivity index (χ2v) is 4.90. The predicted octanol–water partition coefficient (Wildman–Crippen LogP) is 3.81. The lowest BCUT2D eigenvalue weighted by atomic mass is 10.2. The number of anilines is 1. The maximum Gasteiger partial charge on any atom is 0.115 e. The molecule has 0 fully saturated rings. The first-order valence-electron chi connectivity index (χ1n) is 5.11. The zero-order valence-corrected chi connectivity index (χ0v) is 11.6. The van der Waals surface area contributed by atoms with E-state index in [1.54, 1.807) is 6.20 Å². The molecule has 0 aliphatic heterocycles. The molecule has 0 atom stereocenters. The van der Waals surface area contributed by atoms with Crippen LogP contribution in [0.15, 0.2) is 35.2 Å². The van der Waals surface area contributed by atoms with Gasteiger partial charge in [-0.1, -0.05) is 11.6 Å². The lowest BCUT2D eigenvalue weighted by Gasteiger charge is -2.10. The molecule has 0 saturated carbocycles. The van der Waals surface area contributed by atoms with Gasteiger partial charge >= 0.3 is 0 Å². The number of hydrogen-bond donors (Lipinski definition) is 1. The van der Waals surface area contributed by atoms with E-state index in [4.69, 9.17) is 11.6 Å². The van der Waals surface area contributed by atoms with Crippen molar-refractivity contribution in [2.24, 2.45) is 0 Å². The van der Waals surface area contributed by atoms with Gasteiger partial charge in [-0.2, -0.15) is 0 Å². The van der Waals surface area contributed by atoms with Crippen LogP contribution in [0.4, 0.5) is 5.69 Å². The molecule has 0 aliphatic rings. The number of aromatic nitrogens is 2. The van der Waals surface area contributed by atoms with Crippen LogP contribution in [0.5, 0.6) is 0 Å². The van der Waals surface area contributed by atoms with Crippen molar-refractivity contribution in [3.63, 3.8) is 0 Å². The molecule has 3 nitrogen and oxygen atoms in total. The van der Waals surface area contributed by atoms with Crippen LogP contribution >= 0.6 is 27.5 Å². The molecule has 0 spiro atoms. The van der Waals surface area contributed by atoms with Gasteiger partial charge in [0, 0.05) is 15.7 Å². The van der Waals surface area contributed by atoms with E-state index in [0.717, 1.165) is 26.4 Å². The molecule has 1 N–H and O–H groups in total. The Morgan fingerprint density at radius 2 is 2.24 bits per heavy atom. The summed E-state index contributed by atoms with van der Waals surface area (Å²) in [6.07, 6.45) is 3.26. The number of rotatable bonds is 3. The van der Waals surface area contributed by atoms with Crippen molar-refractivity contribution in [3.8, 4) is 0 Å². The van der Waals surface area contributed by atoms with E-state index in [-0.39, 0.29) is 0 Å². The lowest BCUT2D eigenvalue weighted by Crippen LogP contribution is -2.02. The highest BCUT2D eigenvalue weighted by molar-refractivity contribution is 9.10. The van der Waals surface area contributed by atoms with Crippen molar-refractivity contribution in [1.29, 1.82) is 0 Å². The molecule has 1 aromatic heterocycles. The summed E-state index contributed by atoms with van der Waals surface area (Å²) in [5, 5.41) is 4.02. The number of benzene rings is 1. The molecule has 0 amide bonds. The van der Waals surface area contributed by atoms with E-state index in [1.165, 1.54) is 6.33 Å². The summed E-state index contributed by atoms with van der Waals surface area (Å²) >= 11 is 9.58. The van der Waals surface area contributed by atoms with Crippen molar-refractivity contribution in [1.82, 2.24) is 9.97 Å².